The number of amides is 1. The minimum absolute atomic E-state index is 0.00618. The highest BCUT2D eigenvalue weighted by atomic mass is 16.5. The number of benzene rings is 1. The first-order chi connectivity index (χ1) is 8.63. The van der Waals surface area contributed by atoms with Crippen molar-refractivity contribution < 1.29 is 9.53 Å². The molecule has 1 atom stereocenters. The maximum Gasteiger partial charge on any atom is 0.242 e. The van der Waals surface area contributed by atoms with Crippen LogP contribution in [0.1, 0.15) is 18.9 Å². The number of hydrogen-bond acceptors (Lipinski definition) is 3. The van der Waals surface area contributed by atoms with Crippen molar-refractivity contribution in [1.29, 1.82) is 0 Å². The molecule has 4 nitrogen and oxygen atoms in total. The van der Waals surface area contributed by atoms with E-state index in [2.05, 4.69) is 10.6 Å². The minimum atomic E-state index is -0.241. The number of anilines is 1. The smallest absolute Gasteiger partial charge is 0.242 e. The summed E-state index contributed by atoms with van der Waals surface area (Å²) in [5.41, 5.74) is 2.16. The maximum absolute atomic E-state index is 11.8. The molecule has 0 spiro atoms. The van der Waals surface area contributed by atoms with Gasteiger partial charge in [-0.1, -0.05) is 17.7 Å². The van der Waals surface area contributed by atoms with Gasteiger partial charge in [0, 0.05) is 25.9 Å². The van der Waals surface area contributed by atoms with Gasteiger partial charge in [0.05, 0.1) is 0 Å². The molecule has 0 fully saturated rings. The number of carbonyl (C=O) groups is 1. The van der Waals surface area contributed by atoms with Gasteiger partial charge in [-0.05, 0) is 32.4 Å². The quantitative estimate of drug-likeness (QED) is 0.727. The van der Waals surface area contributed by atoms with Crippen LogP contribution in [0.25, 0.3) is 0 Å². The fourth-order valence-corrected chi connectivity index (χ4v) is 1.55. The topological polar surface area (TPSA) is 50.4 Å². The first kappa shape index (κ1) is 14.5. The van der Waals surface area contributed by atoms with Gasteiger partial charge in [-0.2, -0.15) is 0 Å². The van der Waals surface area contributed by atoms with E-state index >= 15 is 0 Å². The van der Waals surface area contributed by atoms with Crippen LogP contribution in [0.2, 0.25) is 0 Å². The average Bonchev–Trinajstić information content (AvgIpc) is 2.37. The third-order valence-corrected chi connectivity index (χ3v) is 2.65. The second kappa shape index (κ2) is 7.71. The lowest BCUT2D eigenvalue weighted by atomic mass is 10.2. The summed E-state index contributed by atoms with van der Waals surface area (Å²) in [5.74, 6) is 0.00618. The normalized spacial score (nSPS) is 11.9. The predicted octanol–water partition coefficient (Wildman–Crippen LogP) is 1.95. The Labute approximate surface area is 109 Å². The van der Waals surface area contributed by atoms with Gasteiger partial charge in [0.25, 0.3) is 0 Å². The fourth-order valence-electron chi connectivity index (χ4n) is 1.55. The SMILES string of the molecule is COCCCNC(=O)C(C)Nc1ccc(C)cc1. The lowest BCUT2D eigenvalue weighted by molar-refractivity contribution is -0.121. The van der Waals surface area contributed by atoms with Gasteiger partial charge in [0.1, 0.15) is 6.04 Å². The van der Waals surface area contributed by atoms with E-state index in [4.69, 9.17) is 4.74 Å². The summed E-state index contributed by atoms with van der Waals surface area (Å²) in [7, 11) is 1.66. The third kappa shape index (κ3) is 5.19. The lowest BCUT2D eigenvalue weighted by Gasteiger charge is -2.15. The standard InChI is InChI=1S/C14H22N2O2/c1-11-5-7-13(8-6-11)16-12(2)14(17)15-9-4-10-18-3/h5-8,12,16H,4,9-10H2,1-3H3,(H,15,17). The average molecular weight is 250 g/mol. The molecule has 1 rings (SSSR count). The van der Waals surface area contributed by atoms with Gasteiger partial charge < -0.3 is 15.4 Å². The Balaban J connectivity index is 2.33. The molecule has 18 heavy (non-hydrogen) atoms. The molecular formula is C14H22N2O2. The van der Waals surface area contributed by atoms with Gasteiger partial charge in [-0.15, -0.1) is 0 Å². The van der Waals surface area contributed by atoms with Crippen LogP contribution in [-0.2, 0) is 9.53 Å². The Bertz CT molecular complexity index is 363. The Hall–Kier alpha value is -1.55. The number of ether oxygens (including phenoxy) is 1. The van der Waals surface area contributed by atoms with Gasteiger partial charge >= 0.3 is 0 Å². The number of hydrogen-bond donors (Lipinski definition) is 2. The number of rotatable bonds is 7. The molecule has 2 N–H and O–H groups in total. The summed E-state index contributed by atoms with van der Waals surface area (Å²) >= 11 is 0. The summed E-state index contributed by atoms with van der Waals surface area (Å²) < 4.78 is 4.92. The van der Waals surface area contributed by atoms with Crippen molar-refractivity contribution in [3.05, 3.63) is 29.8 Å². The molecule has 0 aromatic heterocycles. The molecule has 100 valence electrons. The van der Waals surface area contributed by atoms with E-state index < -0.39 is 0 Å². The van der Waals surface area contributed by atoms with Crippen molar-refractivity contribution in [2.24, 2.45) is 0 Å². The Morgan fingerprint density at radius 3 is 2.61 bits per heavy atom. The summed E-state index contributed by atoms with van der Waals surface area (Å²) in [6.07, 6.45) is 0.833. The molecule has 4 heteroatoms. The summed E-state index contributed by atoms with van der Waals surface area (Å²) in [5, 5.41) is 6.03. The third-order valence-electron chi connectivity index (χ3n) is 2.65. The zero-order valence-corrected chi connectivity index (χ0v) is 11.3. The molecular weight excluding hydrogens is 228 g/mol. The first-order valence-electron chi connectivity index (χ1n) is 6.23. The van der Waals surface area contributed by atoms with Crippen LogP contribution in [0.3, 0.4) is 0 Å². The number of aryl methyl sites for hydroxylation is 1. The second-order valence-corrected chi connectivity index (χ2v) is 4.37. The van der Waals surface area contributed by atoms with E-state index in [9.17, 15) is 4.79 Å². The van der Waals surface area contributed by atoms with E-state index in [1.54, 1.807) is 7.11 Å². The summed E-state index contributed by atoms with van der Waals surface area (Å²) in [4.78, 5) is 11.8. The van der Waals surface area contributed by atoms with Crippen molar-refractivity contribution in [2.75, 3.05) is 25.6 Å². The number of carbonyl (C=O) groups excluding carboxylic acids is 1. The zero-order chi connectivity index (χ0) is 13.4. The van der Waals surface area contributed by atoms with Crippen molar-refractivity contribution in [3.63, 3.8) is 0 Å². The van der Waals surface area contributed by atoms with Crippen molar-refractivity contribution in [2.45, 2.75) is 26.3 Å². The van der Waals surface area contributed by atoms with Crippen LogP contribution < -0.4 is 10.6 Å². The van der Waals surface area contributed by atoms with E-state index in [0.717, 1.165) is 12.1 Å². The maximum atomic E-state index is 11.8. The molecule has 0 heterocycles. The monoisotopic (exact) mass is 250 g/mol. The second-order valence-electron chi connectivity index (χ2n) is 4.37. The lowest BCUT2D eigenvalue weighted by Crippen LogP contribution is -2.38. The fraction of sp³-hybridized carbons (Fsp3) is 0.500. The molecule has 0 saturated heterocycles. The highest BCUT2D eigenvalue weighted by Crippen LogP contribution is 2.09. The Kier molecular flexibility index (Phi) is 6.22. The van der Waals surface area contributed by atoms with E-state index in [1.807, 2.05) is 38.1 Å². The van der Waals surface area contributed by atoms with Crippen LogP contribution in [0.4, 0.5) is 5.69 Å². The number of nitrogens with one attached hydrogen (secondary N) is 2. The van der Waals surface area contributed by atoms with Crippen LogP contribution in [0.5, 0.6) is 0 Å². The van der Waals surface area contributed by atoms with Crippen LogP contribution >= 0.6 is 0 Å². The summed E-state index contributed by atoms with van der Waals surface area (Å²) in [6, 6.07) is 7.75. The van der Waals surface area contributed by atoms with Gasteiger partial charge in [-0.3, -0.25) is 4.79 Å². The molecule has 0 bridgehead atoms. The predicted molar refractivity (Wildman–Crippen MR) is 73.8 cm³/mol. The Morgan fingerprint density at radius 1 is 1.33 bits per heavy atom. The van der Waals surface area contributed by atoms with E-state index in [0.29, 0.717) is 13.2 Å². The molecule has 0 saturated carbocycles. The van der Waals surface area contributed by atoms with Crippen LogP contribution in [0.15, 0.2) is 24.3 Å². The van der Waals surface area contributed by atoms with Crippen molar-refractivity contribution >= 4 is 11.6 Å². The van der Waals surface area contributed by atoms with Gasteiger partial charge in [-0.25, -0.2) is 0 Å². The van der Waals surface area contributed by atoms with Crippen molar-refractivity contribution in [1.82, 2.24) is 5.32 Å². The van der Waals surface area contributed by atoms with Crippen molar-refractivity contribution in [3.8, 4) is 0 Å². The minimum Gasteiger partial charge on any atom is -0.385 e. The van der Waals surface area contributed by atoms with Crippen LogP contribution in [0, 0.1) is 6.92 Å². The highest BCUT2D eigenvalue weighted by molar-refractivity contribution is 5.84. The highest BCUT2D eigenvalue weighted by Gasteiger charge is 2.11. The molecule has 0 aliphatic rings. The largest absolute Gasteiger partial charge is 0.385 e. The van der Waals surface area contributed by atoms with Gasteiger partial charge in [0.2, 0.25) is 5.91 Å². The van der Waals surface area contributed by atoms with Gasteiger partial charge in [0.15, 0.2) is 0 Å². The first-order valence-corrected chi connectivity index (χ1v) is 6.23. The van der Waals surface area contributed by atoms with Crippen LogP contribution in [-0.4, -0.2) is 32.2 Å². The molecule has 1 amide bonds. The molecule has 0 aliphatic carbocycles. The molecule has 1 unspecified atom stereocenters. The summed E-state index contributed by atoms with van der Waals surface area (Å²) in [6.45, 7) is 5.20. The molecule has 1 aromatic carbocycles. The van der Waals surface area contributed by atoms with E-state index in [1.165, 1.54) is 5.56 Å². The zero-order valence-electron chi connectivity index (χ0n) is 11.3. The molecule has 0 radical (unpaired) electrons. The Morgan fingerprint density at radius 2 is 2.00 bits per heavy atom. The molecule has 1 aromatic rings. The molecule has 0 aliphatic heterocycles. The number of methoxy groups -OCH3 is 1. The van der Waals surface area contributed by atoms with E-state index in [-0.39, 0.29) is 11.9 Å².